The fourth-order valence-corrected chi connectivity index (χ4v) is 3.90. The summed E-state index contributed by atoms with van der Waals surface area (Å²) in [5, 5.41) is 10.3. The number of H-pyrrole nitrogens is 1. The molecule has 1 saturated heterocycles. The van der Waals surface area contributed by atoms with Crippen LogP contribution < -0.4 is 11.1 Å². The van der Waals surface area contributed by atoms with Gasteiger partial charge in [0.25, 0.3) is 0 Å². The first-order valence-electron chi connectivity index (χ1n) is 7.21. The van der Waals surface area contributed by atoms with Gasteiger partial charge in [0, 0.05) is 19.6 Å². The number of aromatic amines is 1. The van der Waals surface area contributed by atoms with Gasteiger partial charge in [0.05, 0.1) is 6.54 Å². The number of nitrogens with zero attached hydrogens (tertiary/aromatic N) is 3. The fourth-order valence-electron chi connectivity index (χ4n) is 3.24. The highest BCUT2D eigenvalue weighted by molar-refractivity contribution is 7.07. The molecule has 0 aromatic carbocycles. The Morgan fingerprint density at radius 1 is 1.41 bits per heavy atom. The molecule has 0 unspecified atom stereocenters. The molecule has 0 aliphatic carbocycles. The number of rotatable bonds is 2. The maximum absolute atomic E-state index is 12.0. The molecular weight excluding hydrogens is 304 g/mol. The first-order valence-corrected chi connectivity index (χ1v) is 8.15. The van der Waals surface area contributed by atoms with E-state index in [0.29, 0.717) is 12.4 Å². The zero-order valence-corrected chi connectivity index (χ0v) is 12.8. The topological polar surface area (TPSA) is 80.2 Å². The number of hydrogen-bond donors (Lipinski definition) is 1. The lowest BCUT2D eigenvalue weighted by Crippen LogP contribution is -2.51. The fraction of sp³-hybridized carbons (Fsp3) is 0.500. The van der Waals surface area contributed by atoms with Crippen LogP contribution in [0.4, 0.5) is 0 Å². The van der Waals surface area contributed by atoms with Crippen LogP contribution >= 0.6 is 11.3 Å². The van der Waals surface area contributed by atoms with Crippen LogP contribution in [0.2, 0.25) is 0 Å². The Bertz CT molecular complexity index is 797. The summed E-state index contributed by atoms with van der Waals surface area (Å²) < 4.78 is 7.48. The first-order chi connectivity index (χ1) is 10.7. The van der Waals surface area contributed by atoms with Gasteiger partial charge in [-0.05, 0) is 28.8 Å². The van der Waals surface area contributed by atoms with Crippen molar-refractivity contribution in [2.75, 3.05) is 13.1 Å². The third kappa shape index (κ3) is 2.33. The minimum absolute atomic E-state index is 0.262. The predicted molar refractivity (Wildman–Crippen MR) is 80.9 cm³/mol. The van der Waals surface area contributed by atoms with Gasteiger partial charge in [-0.1, -0.05) is 0 Å². The van der Waals surface area contributed by atoms with Crippen molar-refractivity contribution in [1.29, 1.82) is 0 Å². The summed E-state index contributed by atoms with van der Waals surface area (Å²) >= 11 is 1.69. The Hall–Kier alpha value is -1.77. The van der Waals surface area contributed by atoms with Gasteiger partial charge in [0.2, 0.25) is 0 Å². The number of hydrogen-bond acceptors (Lipinski definition) is 6. The van der Waals surface area contributed by atoms with E-state index in [2.05, 4.69) is 31.9 Å². The molecule has 2 aromatic rings. The van der Waals surface area contributed by atoms with Crippen molar-refractivity contribution in [2.45, 2.75) is 31.7 Å². The number of likely N-dealkylation sites (tertiary alicyclic amines) is 1. The number of nitrogens with one attached hydrogen (secondary N) is 1. The summed E-state index contributed by atoms with van der Waals surface area (Å²) in [6, 6.07) is 2.13. The van der Waals surface area contributed by atoms with Crippen molar-refractivity contribution in [2.24, 2.45) is 0 Å². The highest BCUT2D eigenvalue weighted by Gasteiger charge is 2.43. The quantitative estimate of drug-likeness (QED) is 0.798. The summed E-state index contributed by atoms with van der Waals surface area (Å²) in [4.78, 5) is 25.8. The van der Waals surface area contributed by atoms with Gasteiger partial charge in [-0.3, -0.25) is 19.1 Å². The second-order valence-corrected chi connectivity index (χ2v) is 6.70. The van der Waals surface area contributed by atoms with Crippen LogP contribution in [-0.2, 0) is 24.4 Å². The average Bonchev–Trinajstić information content (AvgIpc) is 3.15. The number of ether oxygens (including phenoxy) is 1. The second-order valence-electron chi connectivity index (χ2n) is 5.92. The zero-order chi connectivity index (χ0) is 15.2. The number of fused-ring (bicyclic) bond motifs is 1. The van der Waals surface area contributed by atoms with Crippen molar-refractivity contribution >= 4 is 11.3 Å². The molecule has 22 heavy (non-hydrogen) atoms. The van der Waals surface area contributed by atoms with Gasteiger partial charge in [-0.2, -0.15) is 16.4 Å². The molecule has 0 bridgehead atoms. The Kier molecular flexibility index (Phi) is 3.24. The largest absolute Gasteiger partial charge is 0.364 e. The molecule has 0 radical (unpaired) electrons. The minimum Gasteiger partial charge on any atom is -0.364 e. The van der Waals surface area contributed by atoms with E-state index in [9.17, 15) is 9.59 Å². The summed E-state index contributed by atoms with van der Waals surface area (Å²) in [6.45, 7) is 3.25. The molecule has 0 saturated carbocycles. The van der Waals surface area contributed by atoms with E-state index >= 15 is 0 Å². The third-order valence-electron chi connectivity index (χ3n) is 4.37. The van der Waals surface area contributed by atoms with Crippen molar-refractivity contribution in [3.05, 3.63) is 48.9 Å². The van der Waals surface area contributed by atoms with E-state index in [0.717, 1.165) is 26.1 Å². The van der Waals surface area contributed by atoms with Gasteiger partial charge >= 0.3 is 11.1 Å². The van der Waals surface area contributed by atoms with Gasteiger partial charge in [-0.25, -0.2) is 5.10 Å². The normalized spacial score (nSPS) is 24.7. The minimum atomic E-state index is -0.672. The predicted octanol–water partition coefficient (Wildman–Crippen LogP) is 0.168. The van der Waals surface area contributed by atoms with Gasteiger partial charge < -0.3 is 4.74 Å². The molecule has 4 rings (SSSR count). The molecule has 2 aliphatic rings. The van der Waals surface area contributed by atoms with E-state index in [4.69, 9.17) is 4.74 Å². The van der Waals surface area contributed by atoms with E-state index in [-0.39, 0.29) is 12.2 Å². The van der Waals surface area contributed by atoms with Crippen LogP contribution in [0.1, 0.15) is 17.8 Å². The zero-order valence-electron chi connectivity index (χ0n) is 11.9. The molecular formula is C14H16N4O3S. The maximum atomic E-state index is 12.0. The Balaban J connectivity index is 1.55. The summed E-state index contributed by atoms with van der Waals surface area (Å²) in [6.07, 6.45) is 0.857. The Morgan fingerprint density at radius 2 is 2.32 bits per heavy atom. The van der Waals surface area contributed by atoms with Crippen LogP contribution in [0.3, 0.4) is 0 Å². The highest BCUT2D eigenvalue weighted by atomic mass is 32.1. The molecule has 7 nitrogen and oxygen atoms in total. The number of thiophene rings is 1. The van der Waals surface area contributed by atoms with Crippen LogP contribution in [-0.4, -0.2) is 38.4 Å². The summed E-state index contributed by atoms with van der Waals surface area (Å²) in [5.41, 5.74) is -0.297. The summed E-state index contributed by atoms with van der Waals surface area (Å²) in [7, 11) is 0. The lowest BCUT2D eigenvalue weighted by molar-refractivity contribution is -0.0853. The molecule has 4 heterocycles. The van der Waals surface area contributed by atoms with E-state index in [1.807, 2.05) is 0 Å². The standard InChI is InChI=1S/C14H16N4O3S/c19-12-13(20)18-9-14(21-6-11(18)15-16-12)2-3-17(8-14)5-10-1-4-22-7-10/h1,4,7H,2-3,5-6,8-9H2,(H,16,19)/t14-/m0/s1. The maximum Gasteiger partial charge on any atom is 0.330 e. The Labute approximate surface area is 130 Å². The molecule has 8 heteroatoms. The van der Waals surface area contributed by atoms with Crippen LogP contribution in [0, 0.1) is 0 Å². The lowest BCUT2D eigenvalue weighted by Gasteiger charge is -2.34. The Morgan fingerprint density at radius 3 is 3.14 bits per heavy atom. The van der Waals surface area contributed by atoms with Gasteiger partial charge in [0.1, 0.15) is 12.2 Å². The van der Waals surface area contributed by atoms with E-state index in [1.165, 1.54) is 10.1 Å². The lowest BCUT2D eigenvalue weighted by atomic mass is 10.0. The highest BCUT2D eigenvalue weighted by Crippen LogP contribution is 2.31. The van der Waals surface area contributed by atoms with Crippen LogP contribution in [0.15, 0.2) is 26.4 Å². The summed E-state index contributed by atoms with van der Waals surface area (Å²) in [5.74, 6) is 0.492. The van der Waals surface area contributed by atoms with Crippen molar-refractivity contribution in [1.82, 2.24) is 19.7 Å². The molecule has 1 N–H and O–H groups in total. The average molecular weight is 320 g/mol. The molecule has 1 spiro atoms. The molecule has 1 atom stereocenters. The molecule has 1 fully saturated rings. The van der Waals surface area contributed by atoms with E-state index in [1.54, 1.807) is 11.3 Å². The smallest absolute Gasteiger partial charge is 0.330 e. The first kappa shape index (κ1) is 13.9. The molecule has 2 aliphatic heterocycles. The van der Waals surface area contributed by atoms with Gasteiger partial charge in [-0.15, -0.1) is 0 Å². The second kappa shape index (κ2) is 5.15. The van der Waals surface area contributed by atoms with E-state index < -0.39 is 11.1 Å². The van der Waals surface area contributed by atoms with Crippen LogP contribution in [0.25, 0.3) is 0 Å². The van der Waals surface area contributed by atoms with Crippen molar-refractivity contribution in [3.63, 3.8) is 0 Å². The molecule has 0 amide bonds. The monoisotopic (exact) mass is 320 g/mol. The molecule has 116 valence electrons. The number of aromatic nitrogens is 3. The molecule has 2 aromatic heterocycles. The SMILES string of the molecule is O=c1[nH]nc2n(c1=O)C[C@@]1(CCN(Cc3ccsc3)C1)OC2. The van der Waals surface area contributed by atoms with Crippen LogP contribution in [0.5, 0.6) is 0 Å². The van der Waals surface area contributed by atoms with Gasteiger partial charge in [0.15, 0.2) is 5.82 Å². The third-order valence-corrected chi connectivity index (χ3v) is 5.10. The van der Waals surface area contributed by atoms with Crippen molar-refractivity contribution < 1.29 is 4.74 Å². The van der Waals surface area contributed by atoms with Crippen molar-refractivity contribution in [3.8, 4) is 0 Å².